The average Bonchev–Trinajstić information content (AvgIpc) is 2.59. The van der Waals surface area contributed by atoms with Gasteiger partial charge in [-0.1, -0.05) is 29.3 Å². The van der Waals surface area contributed by atoms with Gasteiger partial charge in [-0.2, -0.15) is 0 Å². The lowest BCUT2D eigenvalue weighted by atomic mass is 9.81. The fourth-order valence-electron chi connectivity index (χ4n) is 2.87. The van der Waals surface area contributed by atoms with Gasteiger partial charge >= 0.3 is 0 Å². The number of carbonyl (C=O) groups excluding carboxylic acids is 2. The highest BCUT2D eigenvalue weighted by molar-refractivity contribution is 6.44. The third-order valence-electron chi connectivity index (χ3n) is 4.28. The molecule has 2 N–H and O–H groups in total. The molecule has 0 atom stereocenters. The van der Waals surface area contributed by atoms with Crippen LogP contribution in [0.25, 0.3) is 0 Å². The third-order valence-corrected chi connectivity index (χ3v) is 5.10. The molecule has 1 aromatic carbocycles. The van der Waals surface area contributed by atoms with Gasteiger partial charge in [-0.15, -0.1) is 0 Å². The van der Waals surface area contributed by atoms with Gasteiger partial charge in [0.05, 0.1) is 22.3 Å². The molecule has 1 saturated carbocycles. The summed E-state index contributed by atoms with van der Waals surface area (Å²) in [5.74, 6) is -0.162. The van der Waals surface area contributed by atoms with E-state index in [9.17, 15) is 9.59 Å². The van der Waals surface area contributed by atoms with Crippen molar-refractivity contribution in [1.82, 2.24) is 5.32 Å². The first kappa shape index (κ1) is 19.0. The minimum Gasteiger partial charge on any atom is -0.383 e. The zero-order chi connectivity index (χ0) is 17.5. The predicted octanol–water partition coefficient (Wildman–Crippen LogP) is 3.50. The van der Waals surface area contributed by atoms with Crippen molar-refractivity contribution in [2.75, 3.05) is 25.6 Å². The summed E-state index contributed by atoms with van der Waals surface area (Å²) in [4.78, 5) is 24.4. The summed E-state index contributed by atoms with van der Waals surface area (Å²) in [6.45, 7) is 1.02. The zero-order valence-electron chi connectivity index (χ0n) is 13.6. The molecule has 24 heavy (non-hydrogen) atoms. The minimum absolute atomic E-state index is 0.0272. The number of anilines is 1. The molecular weight excluding hydrogens is 351 g/mol. The second-order valence-corrected chi connectivity index (χ2v) is 6.71. The number of ether oxygens (including phenoxy) is 1. The highest BCUT2D eigenvalue weighted by atomic mass is 35.5. The van der Waals surface area contributed by atoms with E-state index in [0.717, 1.165) is 0 Å². The number of hydrogen-bond donors (Lipinski definition) is 2. The molecule has 1 aliphatic rings. The number of rotatable bonds is 6. The fourth-order valence-corrected chi connectivity index (χ4v) is 3.22. The highest BCUT2D eigenvalue weighted by Crippen LogP contribution is 2.33. The van der Waals surface area contributed by atoms with Crippen LogP contribution in [0.1, 0.15) is 25.7 Å². The first-order valence-electron chi connectivity index (χ1n) is 8.04. The molecule has 2 rings (SSSR count). The predicted molar refractivity (Wildman–Crippen MR) is 95.4 cm³/mol. The number of methoxy groups -OCH3 is 1. The highest BCUT2D eigenvalue weighted by Gasteiger charge is 2.30. The molecule has 0 spiro atoms. The smallest absolute Gasteiger partial charge is 0.227 e. The van der Waals surface area contributed by atoms with Crippen LogP contribution in [0.5, 0.6) is 0 Å². The Hall–Kier alpha value is -1.30. The van der Waals surface area contributed by atoms with E-state index in [1.165, 1.54) is 0 Å². The van der Waals surface area contributed by atoms with Gasteiger partial charge < -0.3 is 15.4 Å². The number of halogens is 2. The Bertz CT molecular complexity index is 587. The van der Waals surface area contributed by atoms with Crippen molar-refractivity contribution < 1.29 is 14.3 Å². The minimum atomic E-state index is -0.108. The summed E-state index contributed by atoms with van der Waals surface area (Å²) in [7, 11) is 1.60. The second-order valence-electron chi connectivity index (χ2n) is 5.92. The third kappa shape index (κ3) is 5.10. The van der Waals surface area contributed by atoms with Gasteiger partial charge in [0.2, 0.25) is 11.8 Å². The van der Waals surface area contributed by atoms with E-state index in [4.69, 9.17) is 27.9 Å². The summed E-state index contributed by atoms with van der Waals surface area (Å²) in [5.41, 5.74) is 0.522. The van der Waals surface area contributed by atoms with Crippen LogP contribution >= 0.6 is 23.2 Å². The Morgan fingerprint density at radius 3 is 2.38 bits per heavy atom. The van der Waals surface area contributed by atoms with Crippen LogP contribution in [0.15, 0.2) is 18.2 Å². The molecule has 7 heteroatoms. The quantitative estimate of drug-likeness (QED) is 0.750. The SMILES string of the molecule is COCCNC(=O)C1CCC(C(=O)Nc2cccc(Cl)c2Cl)CC1. The molecule has 1 aromatic rings. The van der Waals surface area contributed by atoms with Gasteiger partial charge in [0.1, 0.15) is 0 Å². The van der Waals surface area contributed by atoms with Crippen LogP contribution in [0.4, 0.5) is 5.69 Å². The molecule has 0 bridgehead atoms. The summed E-state index contributed by atoms with van der Waals surface area (Å²) in [5, 5.41) is 6.44. The lowest BCUT2D eigenvalue weighted by Crippen LogP contribution is -2.36. The average molecular weight is 373 g/mol. The molecular formula is C17H22Cl2N2O3. The van der Waals surface area contributed by atoms with Gasteiger partial charge in [0.15, 0.2) is 0 Å². The van der Waals surface area contributed by atoms with Gasteiger partial charge in [0.25, 0.3) is 0 Å². The topological polar surface area (TPSA) is 67.4 Å². The van der Waals surface area contributed by atoms with Crippen LogP contribution in [-0.2, 0) is 14.3 Å². The van der Waals surface area contributed by atoms with Gasteiger partial charge in [-0.3, -0.25) is 9.59 Å². The van der Waals surface area contributed by atoms with E-state index in [1.807, 2.05) is 0 Å². The normalized spacial score (nSPS) is 20.5. The number of amides is 2. The second kappa shape index (κ2) is 9.25. The summed E-state index contributed by atoms with van der Waals surface area (Å²) in [6, 6.07) is 5.14. The van der Waals surface area contributed by atoms with Crippen molar-refractivity contribution in [3.63, 3.8) is 0 Å². The van der Waals surface area contributed by atoms with Gasteiger partial charge in [0, 0.05) is 25.5 Å². The van der Waals surface area contributed by atoms with Crippen molar-refractivity contribution in [2.45, 2.75) is 25.7 Å². The Morgan fingerprint density at radius 2 is 1.75 bits per heavy atom. The molecule has 0 heterocycles. The Balaban J connectivity index is 1.82. The van der Waals surface area contributed by atoms with Crippen molar-refractivity contribution in [2.24, 2.45) is 11.8 Å². The van der Waals surface area contributed by atoms with E-state index in [0.29, 0.717) is 54.6 Å². The molecule has 132 valence electrons. The van der Waals surface area contributed by atoms with Crippen molar-refractivity contribution in [1.29, 1.82) is 0 Å². The summed E-state index contributed by atoms with van der Waals surface area (Å²) < 4.78 is 4.91. The Morgan fingerprint density at radius 1 is 1.12 bits per heavy atom. The molecule has 1 aliphatic carbocycles. The van der Waals surface area contributed by atoms with E-state index in [2.05, 4.69) is 10.6 Å². The van der Waals surface area contributed by atoms with Gasteiger partial charge in [-0.05, 0) is 37.8 Å². The number of carbonyl (C=O) groups is 2. The molecule has 0 unspecified atom stereocenters. The Labute approximate surface area is 152 Å². The van der Waals surface area contributed by atoms with Crippen molar-refractivity contribution in [3.8, 4) is 0 Å². The molecule has 0 aromatic heterocycles. The Kier molecular flexibility index (Phi) is 7.34. The molecule has 0 radical (unpaired) electrons. The van der Waals surface area contributed by atoms with Crippen LogP contribution in [0.2, 0.25) is 10.0 Å². The lowest BCUT2D eigenvalue weighted by molar-refractivity contribution is -0.128. The standard InChI is InChI=1S/C17H22Cl2N2O3/c1-24-10-9-20-16(22)11-5-7-12(8-6-11)17(23)21-14-4-2-3-13(18)15(14)19/h2-4,11-12H,5-10H2,1H3,(H,20,22)(H,21,23). The number of benzene rings is 1. The number of hydrogen-bond acceptors (Lipinski definition) is 3. The first-order chi connectivity index (χ1) is 11.5. The van der Waals surface area contributed by atoms with E-state index in [1.54, 1.807) is 25.3 Å². The van der Waals surface area contributed by atoms with E-state index >= 15 is 0 Å². The zero-order valence-corrected chi connectivity index (χ0v) is 15.1. The van der Waals surface area contributed by atoms with Gasteiger partial charge in [-0.25, -0.2) is 0 Å². The fraction of sp³-hybridized carbons (Fsp3) is 0.529. The maximum atomic E-state index is 12.4. The maximum Gasteiger partial charge on any atom is 0.227 e. The molecule has 1 fully saturated rings. The van der Waals surface area contributed by atoms with Crippen LogP contribution in [0, 0.1) is 11.8 Å². The van der Waals surface area contributed by atoms with Crippen molar-refractivity contribution in [3.05, 3.63) is 28.2 Å². The van der Waals surface area contributed by atoms with Crippen LogP contribution < -0.4 is 10.6 Å². The molecule has 0 saturated heterocycles. The maximum absolute atomic E-state index is 12.4. The molecule has 5 nitrogen and oxygen atoms in total. The summed E-state index contributed by atoms with van der Waals surface area (Å²) in [6.07, 6.45) is 2.79. The lowest BCUT2D eigenvalue weighted by Gasteiger charge is -2.27. The van der Waals surface area contributed by atoms with Crippen LogP contribution in [0.3, 0.4) is 0 Å². The monoisotopic (exact) mass is 372 g/mol. The number of nitrogens with one attached hydrogen (secondary N) is 2. The summed E-state index contributed by atoms with van der Waals surface area (Å²) >= 11 is 12.0. The van der Waals surface area contributed by atoms with E-state index in [-0.39, 0.29) is 23.7 Å². The molecule has 0 aliphatic heterocycles. The van der Waals surface area contributed by atoms with Crippen molar-refractivity contribution >= 4 is 40.7 Å². The van der Waals surface area contributed by atoms with E-state index < -0.39 is 0 Å². The molecule has 2 amide bonds. The first-order valence-corrected chi connectivity index (χ1v) is 8.80. The van der Waals surface area contributed by atoms with Crippen LogP contribution in [-0.4, -0.2) is 32.1 Å². The largest absolute Gasteiger partial charge is 0.383 e.